The number of aryl methyl sites for hydroxylation is 1. The molecule has 1 aromatic carbocycles. The Hall–Kier alpha value is -0.860. The van der Waals surface area contributed by atoms with E-state index in [2.05, 4.69) is 48.7 Å². The lowest BCUT2D eigenvalue weighted by Gasteiger charge is -2.23. The van der Waals surface area contributed by atoms with Gasteiger partial charge in [-0.25, -0.2) is 0 Å². The van der Waals surface area contributed by atoms with E-state index >= 15 is 0 Å². The predicted octanol–water partition coefficient (Wildman–Crippen LogP) is 1.36. The van der Waals surface area contributed by atoms with Crippen LogP contribution in [0.4, 0.5) is 0 Å². The molecule has 0 bridgehead atoms. The molecule has 70 valence electrons. The highest BCUT2D eigenvalue weighted by molar-refractivity contribution is 5.28. The Kier molecular flexibility index (Phi) is 2.10. The van der Waals surface area contributed by atoms with Crippen LogP contribution >= 0.6 is 0 Å². The lowest BCUT2D eigenvalue weighted by Crippen LogP contribution is -2.35. The van der Waals surface area contributed by atoms with Gasteiger partial charge in [-0.2, -0.15) is 0 Å². The van der Waals surface area contributed by atoms with E-state index in [0.29, 0.717) is 0 Å². The second-order valence-corrected chi connectivity index (χ2v) is 3.98. The summed E-state index contributed by atoms with van der Waals surface area (Å²) in [5.41, 5.74) is 2.80. The van der Waals surface area contributed by atoms with Crippen LogP contribution in [0.1, 0.15) is 18.1 Å². The molecule has 0 amide bonds. The Balaban J connectivity index is 2.29. The molecule has 0 saturated carbocycles. The van der Waals surface area contributed by atoms with Gasteiger partial charge in [-0.05, 0) is 19.4 Å². The quantitative estimate of drug-likeness (QED) is 0.675. The van der Waals surface area contributed by atoms with Crippen LogP contribution in [0.25, 0.3) is 0 Å². The Labute approximate surface area is 79.4 Å². The first-order chi connectivity index (χ1) is 6.21. The monoisotopic (exact) mass is 176 g/mol. The number of nitrogens with one attached hydrogen (secondary N) is 2. The number of rotatable bonds is 1. The molecule has 1 atom stereocenters. The van der Waals surface area contributed by atoms with Crippen LogP contribution in [0, 0.1) is 6.92 Å². The zero-order chi connectivity index (χ0) is 9.31. The summed E-state index contributed by atoms with van der Waals surface area (Å²) in [5.74, 6) is 0. The van der Waals surface area contributed by atoms with Crippen LogP contribution in [0.2, 0.25) is 0 Å². The van der Waals surface area contributed by atoms with E-state index in [9.17, 15) is 0 Å². The van der Waals surface area contributed by atoms with Crippen molar-refractivity contribution in [1.29, 1.82) is 0 Å². The summed E-state index contributed by atoms with van der Waals surface area (Å²) in [4.78, 5) is 0. The molecule has 0 aromatic heterocycles. The van der Waals surface area contributed by atoms with E-state index in [1.165, 1.54) is 11.1 Å². The third kappa shape index (κ3) is 1.60. The summed E-state index contributed by atoms with van der Waals surface area (Å²) in [6.45, 7) is 6.27. The fourth-order valence-electron chi connectivity index (χ4n) is 1.76. The van der Waals surface area contributed by atoms with Gasteiger partial charge < -0.3 is 5.32 Å². The molecular weight excluding hydrogens is 160 g/mol. The van der Waals surface area contributed by atoms with Gasteiger partial charge in [0.05, 0.1) is 5.54 Å². The normalized spacial score (nSPS) is 27.8. The average Bonchev–Trinajstić information content (AvgIpc) is 2.54. The average molecular weight is 176 g/mol. The van der Waals surface area contributed by atoms with E-state index in [0.717, 1.165) is 13.2 Å². The molecule has 13 heavy (non-hydrogen) atoms. The highest BCUT2D eigenvalue weighted by Gasteiger charge is 2.29. The smallest absolute Gasteiger partial charge is 0.0542 e. The van der Waals surface area contributed by atoms with Crippen molar-refractivity contribution in [2.24, 2.45) is 0 Å². The fourth-order valence-corrected chi connectivity index (χ4v) is 1.76. The predicted molar refractivity (Wildman–Crippen MR) is 54.5 cm³/mol. The van der Waals surface area contributed by atoms with Crippen molar-refractivity contribution >= 4 is 0 Å². The van der Waals surface area contributed by atoms with Crippen molar-refractivity contribution in [3.63, 3.8) is 0 Å². The summed E-state index contributed by atoms with van der Waals surface area (Å²) < 4.78 is 0. The van der Waals surface area contributed by atoms with E-state index < -0.39 is 0 Å². The first-order valence-electron chi connectivity index (χ1n) is 4.74. The van der Waals surface area contributed by atoms with Gasteiger partial charge in [0.15, 0.2) is 0 Å². The summed E-state index contributed by atoms with van der Waals surface area (Å²) in [5, 5.41) is 6.77. The number of hydrogen-bond acceptors (Lipinski definition) is 2. The third-order valence-electron chi connectivity index (χ3n) is 2.77. The van der Waals surface area contributed by atoms with Gasteiger partial charge in [0, 0.05) is 13.2 Å². The molecule has 1 aliphatic rings. The maximum Gasteiger partial charge on any atom is 0.0542 e. The van der Waals surface area contributed by atoms with Gasteiger partial charge >= 0.3 is 0 Å². The van der Waals surface area contributed by atoms with Crippen molar-refractivity contribution in [1.82, 2.24) is 10.6 Å². The molecule has 0 spiro atoms. The van der Waals surface area contributed by atoms with Crippen LogP contribution in [-0.4, -0.2) is 13.2 Å². The topological polar surface area (TPSA) is 24.1 Å². The van der Waals surface area contributed by atoms with Crippen LogP contribution in [0.5, 0.6) is 0 Å². The highest BCUT2D eigenvalue weighted by Crippen LogP contribution is 2.22. The van der Waals surface area contributed by atoms with E-state index in [1.54, 1.807) is 0 Å². The van der Waals surface area contributed by atoms with Crippen molar-refractivity contribution in [3.8, 4) is 0 Å². The molecule has 0 aliphatic carbocycles. The minimum atomic E-state index is 0.119. The molecule has 2 N–H and O–H groups in total. The summed E-state index contributed by atoms with van der Waals surface area (Å²) in [6.07, 6.45) is 0. The fraction of sp³-hybridized carbons (Fsp3) is 0.455. The summed E-state index contributed by atoms with van der Waals surface area (Å²) >= 11 is 0. The zero-order valence-corrected chi connectivity index (χ0v) is 8.22. The minimum Gasteiger partial charge on any atom is -0.302 e. The van der Waals surface area contributed by atoms with Gasteiger partial charge in [0.2, 0.25) is 0 Å². The van der Waals surface area contributed by atoms with Crippen LogP contribution in [0.3, 0.4) is 0 Å². The minimum absolute atomic E-state index is 0.119. The Morgan fingerprint density at radius 2 is 1.92 bits per heavy atom. The van der Waals surface area contributed by atoms with Crippen LogP contribution in [0.15, 0.2) is 24.3 Å². The lowest BCUT2D eigenvalue weighted by atomic mass is 9.93. The summed E-state index contributed by atoms with van der Waals surface area (Å²) in [6, 6.07) is 8.74. The first kappa shape index (κ1) is 8.73. The van der Waals surface area contributed by atoms with Gasteiger partial charge in [-0.15, -0.1) is 0 Å². The second-order valence-electron chi connectivity index (χ2n) is 3.98. The molecule has 1 aromatic rings. The largest absolute Gasteiger partial charge is 0.302 e. The maximum atomic E-state index is 3.46. The molecule has 1 unspecified atom stereocenters. The third-order valence-corrected chi connectivity index (χ3v) is 2.77. The van der Waals surface area contributed by atoms with E-state index in [4.69, 9.17) is 0 Å². The standard InChI is InChI=1S/C11H16N2/c1-9-3-5-10(6-4-9)11(2)7-12-8-13-11/h3-6,12-13H,7-8H2,1-2H3. The Morgan fingerprint density at radius 1 is 1.23 bits per heavy atom. The number of hydrogen-bond donors (Lipinski definition) is 2. The lowest BCUT2D eigenvalue weighted by molar-refractivity contribution is 0.461. The maximum absolute atomic E-state index is 3.46. The second kappa shape index (κ2) is 3.13. The molecule has 0 radical (unpaired) electrons. The van der Waals surface area contributed by atoms with Gasteiger partial charge in [0.25, 0.3) is 0 Å². The first-order valence-corrected chi connectivity index (χ1v) is 4.74. The SMILES string of the molecule is Cc1ccc(C2(C)CNCN2)cc1. The van der Waals surface area contributed by atoms with Gasteiger partial charge in [0.1, 0.15) is 0 Å². The van der Waals surface area contributed by atoms with Crippen molar-refractivity contribution in [2.75, 3.05) is 13.2 Å². The molecule has 1 saturated heterocycles. The van der Waals surface area contributed by atoms with E-state index in [-0.39, 0.29) is 5.54 Å². The van der Waals surface area contributed by atoms with Crippen molar-refractivity contribution in [2.45, 2.75) is 19.4 Å². The summed E-state index contributed by atoms with van der Waals surface area (Å²) in [7, 11) is 0. The van der Waals surface area contributed by atoms with Gasteiger partial charge in [-0.3, -0.25) is 5.32 Å². The molecule has 2 rings (SSSR count). The molecule has 1 aliphatic heterocycles. The number of benzene rings is 1. The van der Waals surface area contributed by atoms with Gasteiger partial charge in [-0.1, -0.05) is 29.8 Å². The van der Waals surface area contributed by atoms with Crippen LogP contribution in [-0.2, 0) is 5.54 Å². The molecule has 2 heteroatoms. The van der Waals surface area contributed by atoms with Crippen LogP contribution < -0.4 is 10.6 Å². The zero-order valence-electron chi connectivity index (χ0n) is 8.22. The van der Waals surface area contributed by atoms with Crippen molar-refractivity contribution < 1.29 is 0 Å². The Bertz CT molecular complexity index is 283. The molecule has 1 fully saturated rings. The molecule has 1 heterocycles. The van der Waals surface area contributed by atoms with Crippen molar-refractivity contribution in [3.05, 3.63) is 35.4 Å². The highest BCUT2D eigenvalue weighted by atomic mass is 15.2. The Morgan fingerprint density at radius 3 is 2.46 bits per heavy atom. The molecular formula is C11H16N2. The molecule has 2 nitrogen and oxygen atoms in total. The van der Waals surface area contributed by atoms with E-state index in [1.807, 2.05) is 0 Å².